The molecule has 8 heteroatoms. The van der Waals surface area contributed by atoms with Gasteiger partial charge >= 0.3 is 35.5 Å². The number of aromatic nitrogens is 1. The van der Waals surface area contributed by atoms with E-state index in [4.69, 9.17) is 9.84 Å². The van der Waals surface area contributed by atoms with Crippen LogP contribution in [0.25, 0.3) is 10.8 Å². The van der Waals surface area contributed by atoms with Gasteiger partial charge in [0.25, 0.3) is 5.91 Å². The first-order chi connectivity index (χ1) is 12.6. The third kappa shape index (κ3) is 5.05. The number of carbonyl (C=O) groups is 2. The number of hydrogen-bond acceptors (Lipinski definition) is 5. The molecule has 0 fully saturated rings. The fourth-order valence-corrected chi connectivity index (χ4v) is 2.55. The van der Waals surface area contributed by atoms with E-state index in [1.807, 2.05) is 30.3 Å². The van der Waals surface area contributed by atoms with Gasteiger partial charge in [0.2, 0.25) is 0 Å². The van der Waals surface area contributed by atoms with Crippen LogP contribution in [-0.2, 0) is 11.4 Å². The maximum atomic E-state index is 12.1. The Morgan fingerprint density at radius 2 is 1.81 bits per heavy atom. The number of ether oxygens (including phenoxy) is 1. The Balaban J connectivity index is 0.00000261. The molecule has 0 radical (unpaired) electrons. The first kappa shape index (κ1) is 20.9. The van der Waals surface area contributed by atoms with Gasteiger partial charge < -0.3 is 20.3 Å². The van der Waals surface area contributed by atoms with Crippen molar-refractivity contribution in [1.82, 2.24) is 10.3 Å². The number of benzene rings is 2. The summed E-state index contributed by atoms with van der Waals surface area (Å²) in [6.45, 7) is -0.924. The molecule has 0 aliphatic heterocycles. The summed E-state index contributed by atoms with van der Waals surface area (Å²) in [6.07, 6.45) is 1.49. The van der Waals surface area contributed by atoms with Crippen molar-refractivity contribution in [2.45, 2.75) is 6.61 Å². The van der Waals surface area contributed by atoms with Crippen LogP contribution in [0.3, 0.4) is 0 Å². The molecule has 0 spiro atoms. The van der Waals surface area contributed by atoms with Crippen LogP contribution in [0.1, 0.15) is 16.1 Å². The zero-order valence-corrected chi connectivity index (χ0v) is 13.7. The molecule has 1 aromatic heterocycles. The van der Waals surface area contributed by atoms with Crippen LogP contribution in [-0.4, -0.2) is 63.2 Å². The van der Waals surface area contributed by atoms with E-state index in [2.05, 4.69) is 10.3 Å². The van der Waals surface area contributed by atoms with E-state index in [1.54, 1.807) is 18.2 Å². The molecule has 0 aliphatic rings. The van der Waals surface area contributed by atoms with E-state index in [9.17, 15) is 14.7 Å². The van der Waals surface area contributed by atoms with Crippen molar-refractivity contribution in [2.75, 3.05) is 6.54 Å². The Morgan fingerprint density at radius 3 is 2.48 bits per heavy atom. The van der Waals surface area contributed by atoms with Gasteiger partial charge in [0.15, 0.2) is 0 Å². The van der Waals surface area contributed by atoms with Gasteiger partial charge in [0, 0.05) is 17.1 Å². The number of carboxylic acid groups (broad SMARTS) is 1. The second-order valence-electron chi connectivity index (χ2n) is 5.48. The third-order valence-electron chi connectivity index (χ3n) is 3.72. The topological polar surface area (TPSA) is 109 Å². The molecule has 1 amide bonds. The third-order valence-corrected chi connectivity index (χ3v) is 3.72. The second-order valence-corrected chi connectivity index (χ2v) is 5.48. The van der Waals surface area contributed by atoms with Crippen LogP contribution >= 0.6 is 0 Å². The predicted octanol–water partition coefficient (Wildman–Crippen LogP) is 1.69. The number of fused-ring (bicyclic) bond motifs is 1. The van der Waals surface area contributed by atoms with E-state index in [-0.39, 0.29) is 35.3 Å². The molecule has 2 aromatic carbocycles. The van der Waals surface area contributed by atoms with Crippen LogP contribution in [0.15, 0.2) is 54.7 Å². The Hall–Kier alpha value is -2.45. The molecule has 3 rings (SSSR count). The first-order valence-electron chi connectivity index (χ1n) is 7.84. The average Bonchev–Trinajstić information content (AvgIpc) is 2.65. The Labute approximate surface area is 177 Å². The molecule has 134 valence electrons. The summed E-state index contributed by atoms with van der Waals surface area (Å²) in [5.74, 6) is -0.528. The van der Waals surface area contributed by atoms with Crippen LogP contribution in [0.2, 0.25) is 0 Å². The molecule has 3 N–H and O–H groups in total. The van der Waals surface area contributed by atoms with Gasteiger partial charge in [0.05, 0.1) is 6.61 Å². The van der Waals surface area contributed by atoms with Crippen molar-refractivity contribution < 1.29 is 24.5 Å². The van der Waals surface area contributed by atoms with Crippen LogP contribution in [0.5, 0.6) is 11.5 Å². The number of nitrogens with zero attached hydrogens (tertiary/aromatic N) is 1. The number of para-hydroxylation sites is 1. The summed E-state index contributed by atoms with van der Waals surface area (Å²) in [7, 11) is 0. The minimum absolute atomic E-state index is 0. The number of carbonyl (C=O) groups excluding carboxylic acids is 1. The number of pyridine rings is 1. The van der Waals surface area contributed by atoms with Crippen molar-refractivity contribution in [2.24, 2.45) is 0 Å². The first-order valence-corrected chi connectivity index (χ1v) is 7.84. The molecule has 0 unspecified atom stereocenters. The SMILES string of the molecule is O=C(O)CNC(=O)c1ncc2cc(Oc3ccccc3)ccc2c1CO.[NaH]. The second kappa shape index (κ2) is 9.48. The molecule has 0 aliphatic carbocycles. The number of carboxylic acids is 1. The van der Waals surface area contributed by atoms with Gasteiger partial charge in [-0.15, -0.1) is 0 Å². The molecule has 3 aromatic rings. The quantitative estimate of drug-likeness (QED) is 0.565. The van der Waals surface area contributed by atoms with E-state index < -0.39 is 25.0 Å². The number of rotatable bonds is 6. The fourth-order valence-electron chi connectivity index (χ4n) is 2.55. The summed E-state index contributed by atoms with van der Waals surface area (Å²) in [5.41, 5.74) is 0.328. The molecule has 7 nitrogen and oxygen atoms in total. The van der Waals surface area contributed by atoms with Crippen molar-refractivity contribution in [3.8, 4) is 11.5 Å². The van der Waals surface area contributed by atoms with Gasteiger partial charge in [-0.3, -0.25) is 14.6 Å². The summed E-state index contributed by atoms with van der Waals surface area (Å²) in [5, 5.41) is 21.9. The van der Waals surface area contributed by atoms with E-state index in [0.717, 1.165) is 0 Å². The molecule has 1 heterocycles. The molecule has 0 saturated carbocycles. The number of aliphatic hydroxyl groups excluding tert-OH is 1. The van der Waals surface area contributed by atoms with E-state index in [1.165, 1.54) is 6.20 Å². The maximum absolute atomic E-state index is 12.1. The molecule has 0 saturated heterocycles. The van der Waals surface area contributed by atoms with Crippen molar-refractivity contribution in [3.63, 3.8) is 0 Å². The number of amides is 1. The number of nitrogens with one attached hydrogen (secondary N) is 1. The molecular weight excluding hydrogens is 359 g/mol. The van der Waals surface area contributed by atoms with E-state index >= 15 is 0 Å². The molecular formula is C19H17N2NaO5. The van der Waals surface area contributed by atoms with Crippen molar-refractivity contribution in [3.05, 3.63) is 66.0 Å². The number of hydrogen-bond donors (Lipinski definition) is 3. The Kier molecular flexibility index (Phi) is 7.32. The number of aliphatic hydroxyl groups is 1. The monoisotopic (exact) mass is 376 g/mol. The zero-order valence-electron chi connectivity index (χ0n) is 13.7. The predicted molar refractivity (Wildman–Crippen MR) is 101 cm³/mol. The van der Waals surface area contributed by atoms with Gasteiger partial charge in [-0.1, -0.05) is 24.3 Å². The minimum atomic E-state index is -1.16. The average molecular weight is 376 g/mol. The molecule has 0 bridgehead atoms. The van der Waals surface area contributed by atoms with Gasteiger partial charge in [-0.25, -0.2) is 0 Å². The summed E-state index contributed by atoms with van der Waals surface area (Å²) < 4.78 is 5.77. The van der Waals surface area contributed by atoms with E-state index in [0.29, 0.717) is 27.8 Å². The standard InChI is InChI=1S/C19H16N2O5.Na.H/c22-11-16-15-7-6-14(26-13-4-2-1-3-5-13)8-12(15)9-20-18(16)19(25)21-10-17(23)24;;/h1-9,22H,10-11H2,(H,21,25)(H,23,24);;. The van der Waals surface area contributed by atoms with Gasteiger partial charge in [-0.2, -0.15) is 0 Å². The van der Waals surface area contributed by atoms with Gasteiger partial charge in [-0.05, 0) is 29.7 Å². The van der Waals surface area contributed by atoms with Gasteiger partial charge in [0.1, 0.15) is 23.7 Å². The number of aliphatic carboxylic acids is 1. The Bertz CT molecular complexity index is 963. The van der Waals surface area contributed by atoms with Crippen molar-refractivity contribution in [1.29, 1.82) is 0 Å². The van der Waals surface area contributed by atoms with Crippen LogP contribution < -0.4 is 10.1 Å². The normalized spacial score (nSPS) is 10.1. The Morgan fingerprint density at radius 1 is 1.07 bits per heavy atom. The summed E-state index contributed by atoms with van der Waals surface area (Å²) >= 11 is 0. The molecule has 0 atom stereocenters. The van der Waals surface area contributed by atoms with Crippen LogP contribution in [0.4, 0.5) is 0 Å². The fraction of sp³-hybridized carbons (Fsp3) is 0.105. The zero-order chi connectivity index (χ0) is 18.5. The van der Waals surface area contributed by atoms with Crippen molar-refractivity contribution >= 4 is 52.2 Å². The molecule has 27 heavy (non-hydrogen) atoms. The summed E-state index contributed by atoms with van der Waals surface area (Å²) in [4.78, 5) is 26.8. The van der Waals surface area contributed by atoms with Crippen LogP contribution in [0, 0.1) is 0 Å². The summed E-state index contributed by atoms with van der Waals surface area (Å²) in [6, 6.07) is 14.5.